The second kappa shape index (κ2) is 6.23. The first-order chi connectivity index (χ1) is 9.78. The zero-order valence-corrected chi connectivity index (χ0v) is 13.5. The topological polar surface area (TPSA) is 24.9 Å². The summed E-state index contributed by atoms with van der Waals surface area (Å²) in [5.41, 5.74) is 2.40. The van der Waals surface area contributed by atoms with Gasteiger partial charge in [-0.1, -0.05) is 47.8 Å². The van der Waals surface area contributed by atoms with Crippen LogP contribution in [0.25, 0.3) is 10.9 Å². The molecule has 0 saturated heterocycles. The molecule has 1 N–H and O–H groups in total. The minimum Gasteiger partial charge on any atom is -0.310 e. The van der Waals surface area contributed by atoms with Gasteiger partial charge in [0.15, 0.2) is 0 Å². The molecule has 0 aliphatic heterocycles. The maximum absolute atomic E-state index is 4.55. The molecule has 0 amide bonds. The zero-order valence-electron chi connectivity index (χ0n) is 11.9. The van der Waals surface area contributed by atoms with Crippen molar-refractivity contribution in [3.8, 4) is 0 Å². The third-order valence-corrected chi connectivity index (χ3v) is 4.88. The number of nitrogens with zero attached hydrogens (tertiary/aromatic N) is 1. The Balaban J connectivity index is 1.75. The minimum absolute atomic E-state index is 0.643. The van der Waals surface area contributed by atoms with E-state index in [9.17, 15) is 0 Å². The molecule has 2 aromatic rings. The van der Waals surface area contributed by atoms with Crippen molar-refractivity contribution in [3.05, 3.63) is 40.5 Å². The van der Waals surface area contributed by atoms with Crippen molar-refractivity contribution in [1.82, 2.24) is 10.3 Å². The molecule has 1 aromatic heterocycles. The van der Waals surface area contributed by atoms with E-state index in [2.05, 4.69) is 51.4 Å². The van der Waals surface area contributed by atoms with Crippen LogP contribution in [0.1, 0.15) is 38.2 Å². The van der Waals surface area contributed by atoms with E-state index in [1.54, 1.807) is 0 Å². The van der Waals surface area contributed by atoms with Crippen molar-refractivity contribution >= 4 is 26.8 Å². The Morgan fingerprint density at radius 3 is 2.95 bits per heavy atom. The number of rotatable bonds is 6. The number of halogens is 1. The van der Waals surface area contributed by atoms with E-state index in [-0.39, 0.29) is 0 Å². The Morgan fingerprint density at radius 1 is 1.35 bits per heavy atom. The normalized spacial score (nSPS) is 16.5. The van der Waals surface area contributed by atoms with Crippen LogP contribution in [0.5, 0.6) is 0 Å². The van der Waals surface area contributed by atoms with E-state index < -0.39 is 0 Å². The van der Waals surface area contributed by atoms with Gasteiger partial charge in [-0.15, -0.1) is 0 Å². The molecule has 1 heterocycles. The molecule has 1 aliphatic carbocycles. The number of hydrogen-bond acceptors (Lipinski definition) is 2. The number of nitrogens with one attached hydrogen (secondary N) is 1. The highest BCUT2D eigenvalue weighted by Gasteiger charge is 2.24. The summed E-state index contributed by atoms with van der Waals surface area (Å²) in [6, 6.07) is 9.06. The lowest BCUT2D eigenvalue weighted by atomic mass is 10.1. The summed E-state index contributed by atoms with van der Waals surface area (Å²) in [5.74, 6) is 0.979. The molecule has 1 aliphatic rings. The molecule has 106 valence electrons. The number of fused-ring (bicyclic) bond motifs is 1. The molecule has 0 spiro atoms. The van der Waals surface area contributed by atoms with Gasteiger partial charge < -0.3 is 5.32 Å². The lowest BCUT2D eigenvalue weighted by molar-refractivity contribution is 0.445. The van der Waals surface area contributed by atoms with Gasteiger partial charge in [-0.25, -0.2) is 0 Å². The molecule has 1 aromatic carbocycles. The molecule has 1 saturated carbocycles. The Morgan fingerprint density at radius 2 is 2.20 bits per heavy atom. The Bertz CT molecular complexity index is 593. The summed E-state index contributed by atoms with van der Waals surface area (Å²) in [5, 5.41) is 4.91. The van der Waals surface area contributed by atoms with Gasteiger partial charge in [-0.2, -0.15) is 0 Å². The summed E-state index contributed by atoms with van der Waals surface area (Å²) in [6.45, 7) is 3.18. The predicted molar refractivity (Wildman–Crippen MR) is 87.7 cm³/mol. The smallest absolute Gasteiger partial charge is 0.0758 e. The Kier molecular flexibility index (Phi) is 4.37. The minimum atomic E-state index is 0.643. The van der Waals surface area contributed by atoms with Crippen LogP contribution in [0, 0.1) is 5.92 Å². The van der Waals surface area contributed by atoms with Crippen LogP contribution < -0.4 is 5.32 Å². The van der Waals surface area contributed by atoms with Gasteiger partial charge >= 0.3 is 0 Å². The van der Waals surface area contributed by atoms with Crippen LogP contribution in [-0.2, 0) is 6.54 Å². The van der Waals surface area contributed by atoms with Gasteiger partial charge in [-0.05, 0) is 36.5 Å². The van der Waals surface area contributed by atoms with Crippen LogP contribution in [0.15, 0.2) is 34.9 Å². The van der Waals surface area contributed by atoms with E-state index in [0.717, 1.165) is 22.5 Å². The third-order valence-electron chi connectivity index (χ3n) is 4.19. The van der Waals surface area contributed by atoms with Crippen LogP contribution in [0.4, 0.5) is 0 Å². The molecule has 1 unspecified atom stereocenters. The second-order valence-electron chi connectivity index (χ2n) is 5.77. The number of benzene rings is 1. The highest BCUT2D eigenvalue weighted by atomic mass is 79.9. The second-order valence-corrected chi connectivity index (χ2v) is 6.63. The summed E-state index contributed by atoms with van der Waals surface area (Å²) in [7, 11) is 0. The molecular formula is C17H21BrN2. The van der Waals surface area contributed by atoms with Gasteiger partial charge in [0.25, 0.3) is 0 Å². The zero-order chi connectivity index (χ0) is 13.9. The summed E-state index contributed by atoms with van der Waals surface area (Å²) in [6.07, 6.45) is 7.28. The molecule has 20 heavy (non-hydrogen) atoms. The summed E-state index contributed by atoms with van der Waals surface area (Å²) in [4.78, 5) is 4.55. The van der Waals surface area contributed by atoms with Crippen LogP contribution in [0.3, 0.4) is 0 Å². The maximum Gasteiger partial charge on any atom is 0.0758 e. The fourth-order valence-corrected chi connectivity index (χ4v) is 3.20. The average molecular weight is 333 g/mol. The lowest BCUT2D eigenvalue weighted by Crippen LogP contribution is -2.28. The van der Waals surface area contributed by atoms with Gasteiger partial charge in [0.05, 0.1) is 5.52 Å². The van der Waals surface area contributed by atoms with Crippen LogP contribution in [0.2, 0.25) is 0 Å². The molecule has 3 rings (SSSR count). The van der Waals surface area contributed by atoms with Crippen molar-refractivity contribution in [3.63, 3.8) is 0 Å². The van der Waals surface area contributed by atoms with Crippen LogP contribution >= 0.6 is 15.9 Å². The van der Waals surface area contributed by atoms with Gasteiger partial charge in [-0.3, -0.25) is 4.98 Å². The standard InChI is InChI=1S/C17H21BrN2/c1-2-14(10-12-5-6-12)20-11-13-7-8-16(18)15-4-3-9-19-17(13)15/h3-4,7-9,12,14,20H,2,5-6,10-11H2,1H3. The lowest BCUT2D eigenvalue weighted by Gasteiger charge is -2.17. The first-order valence-corrected chi connectivity index (χ1v) is 8.32. The van der Waals surface area contributed by atoms with E-state index >= 15 is 0 Å². The molecule has 1 fully saturated rings. The van der Waals surface area contributed by atoms with Crippen molar-refractivity contribution in [2.24, 2.45) is 5.92 Å². The Hall–Kier alpha value is -0.930. The average Bonchev–Trinajstić information content (AvgIpc) is 3.29. The van der Waals surface area contributed by atoms with E-state index in [4.69, 9.17) is 0 Å². The van der Waals surface area contributed by atoms with Crippen LogP contribution in [-0.4, -0.2) is 11.0 Å². The molecule has 0 bridgehead atoms. The van der Waals surface area contributed by atoms with E-state index in [1.165, 1.54) is 36.6 Å². The first-order valence-electron chi connectivity index (χ1n) is 7.53. The number of pyridine rings is 1. The predicted octanol–water partition coefficient (Wildman–Crippen LogP) is 4.67. The number of aromatic nitrogens is 1. The fraction of sp³-hybridized carbons (Fsp3) is 0.471. The highest BCUT2D eigenvalue weighted by Crippen LogP contribution is 2.34. The largest absolute Gasteiger partial charge is 0.310 e. The fourth-order valence-electron chi connectivity index (χ4n) is 2.74. The van der Waals surface area contributed by atoms with E-state index in [0.29, 0.717) is 6.04 Å². The third kappa shape index (κ3) is 3.21. The maximum atomic E-state index is 4.55. The van der Waals surface area contributed by atoms with Gasteiger partial charge in [0, 0.05) is 28.6 Å². The van der Waals surface area contributed by atoms with Gasteiger partial charge in [0.2, 0.25) is 0 Å². The Labute approximate surface area is 129 Å². The van der Waals surface area contributed by atoms with Crippen molar-refractivity contribution in [1.29, 1.82) is 0 Å². The number of hydrogen-bond donors (Lipinski definition) is 1. The van der Waals surface area contributed by atoms with Gasteiger partial charge in [0.1, 0.15) is 0 Å². The molecular weight excluding hydrogens is 312 g/mol. The highest BCUT2D eigenvalue weighted by molar-refractivity contribution is 9.10. The van der Waals surface area contributed by atoms with Crippen molar-refractivity contribution in [2.45, 2.75) is 45.2 Å². The van der Waals surface area contributed by atoms with Crippen molar-refractivity contribution in [2.75, 3.05) is 0 Å². The molecule has 3 heteroatoms. The quantitative estimate of drug-likeness (QED) is 0.831. The summed E-state index contributed by atoms with van der Waals surface area (Å²) < 4.78 is 1.12. The molecule has 1 atom stereocenters. The van der Waals surface area contributed by atoms with Crippen molar-refractivity contribution < 1.29 is 0 Å². The molecule has 2 nitrogen and oxygen atoms in total. The molecule has 0 radical (unpaired) electrons. The SMILES string of the molecule is CCC(CC1CC1)NCc1ccc(Br)c2cccnc12. The summed E-state index contributed by atoms with van der Waals surface area (Å²) >= 11 is 3.61. The van der Waals surface area contributed by atoms with E-state index in [1.807, 2.05) is 12.3 Å². The first kappa shape index (κ1) is 14.0. The monoisotopic (exact) mass is 332 g/mol.